The molecule has 1 unspecified atom stereocenters. The predicted octanol–water partition coefficient (Wildman–Crippen LogP) is 3.32. The maximum atomic E-state index is 12.9. The first kappa shape index (κ1) is 21.0. The van der Waals surface area contributed by atoms with Gasteiger partial charge in [-0.15, -0.1) is 11.3 Å². The summed E-state index contributed by atoms with van der Waals surface area (Å²) in [5.74, 6) is 0.165. The molecule has 8 nitrogen and oxygen atoms in total. The number of thiazole rings is 1. The third-order valence-electron chi connectivity index (χ3n) is 5.29. The number of benzene rings is 1. The monoisotopic (exact) mass is 448 g/mol. The van der Waals surface area contributed by atoms with Gasteiger partial charge in [-0.1, -0.05) is 17.3 Å². The number of carbonyl (C=O) groups is 1. The van der Waals surface area contributed by atoms with Gasteiger partial charge in [0.25, 0.3) is 0 Å². The molecule has 1 amide bonds. The Balaban J connectivity index is 1.44. The Kier molecular flexibility index (Phi) is 5.90. The van der Waals surface area contributed by atoms with Crippen molar-refractivity contribution in [2.45, 2.75) is 50.5 Å². The summed E-state index contributed by atoms with van der Waals surface area (Å²) in [5, 5.41) is 4.63. The van der Waals surface area contributed by atoms with Crippen LogP contribution in [0.15, 0.2) is 33.7 Å². The van der Waals surface area contributed by atoms with E-state index in [-0.39, 0.29) is 35.6 Å². The normalized spacial score (nSPS) is 17.5. The van der Waals surface area contributed by atoms with Crippen LogP contribution in [0.1, 0.15) is 48.2 Å². The van der Waals surface area contributed by atoms with Crippen LogP contribution >= 0.6 is 11.3 Å². The number of nitrogens with zero attached hydrogens (tertiary/aromatic N) is 3. The first-order chi connectivity index (χ1) is 14.4. The van der Waals surface area contributed by atoms with Crippen LogP contribution in [0, 0.1) is 13.8 Å². The molecule has 0 spiro atoms. The summed E-state index contributed by atoms with van der Waals surface area (Å²) in [4.78, 5) is 19.6. The molecule has 1 aromatic carbocycles. The number of carbonyl (C=O) groups excluding carboxylic acids is 1. The second-order valence-electron chi connectivity index (χ2n) is 7.42. The van der Waals surface area contributed by atoms with Gasteiger partial charge in [0.2, 0.25) is 15.9 Å². The molecule has 3 heterocycles. The van der Waals surface area contributed by atoms with E-state index in [2.05, 4.69) is 9.88 Å². The van der Waals surface area contributed by atoms with E-state index in [4.69, 9.17) is 9.51 Å². The summed E-state index contributed by atoms with van der Waals surface area (Å²) in [6.07, 6.45) is 2.95. The Morgan fingerprint density at radius 3 is 2.83 bits per heavy atom. The number of hydrogen-bond acceptors (Lipinski definition) is 7. The molecule has 160 valence electrons. The second kappa shape index (κ2) is 8.44. The van der Waals surface area contributed by atoms with Crippen molar-refractivity contribution in [2.24, 2.45) is 0 Å². The van der Waals surface area contributed by atoms with Crippen molar-refractivity contribution in [3.05, 3.63) is 40.7 Å². The molecule has 4 rings (SSSR count). The van der Waals surface area contributed by atoms with Gasteiger partial charge in [-0.3, -0.25) is 4.79 Å². The van der Waals surface area contributed by atoms with Crippen molar-refractivity contribution in [3.8, 4) is 0 Å². The zero-order chi connectivity index (χ0) is 21.3. The van der Waals surface area contributed by atoms with Crippen molar-refractivity contribution in [1.82, 2.24) is 19.8 Å². The lowest BCUT2D eigenvalue weighted by atomic mass is 10.0. The van der Waals surface area contributed by atoms with Crippen LogP contribution in [0.5, 0.6) is 0 Å². The van der Waals surface area contributed by atoms with Gasteiger partial charge in [-0.25, -0.2) is 18.1 Å². The minimum atomic E-state index is -3.77. The third-order valence-corrected chi connectivity index (χ3v) is 8.13. The molecule has 2 aromatic heterocycles. The highest BCUT2D eigenvalue weighted by Gasteiger charge is 2.30. The molecule has 3 aromatic rings. The molecule has 1 N–H and O–H groups in total. The summed E-state index contributed by atoms with van der Waals surface area (Å²) in [6, 6.07) is 7.91. The largest absolute Gasteiger partial charge is 0.360 e. The molecule has 0 saturated carbocycles. The zero-order valence-electron chi connectivity index (χ0n) is 16.9. The zero-order valence-corrected chi connectivity index (χ0v) is 18.6. The van der Waals surface area contributed by atoms with Gasteiger partial charge >= 0.3 is 0 Å². The first-order valence-corrected chi connectivity index (χ1v) is 12.2. The number of fused-ring (bicyclic) bond motifs is 1. The van der Waals surface area contributed by atoms with Gasteiger partial charge < -0.3 is 9.42 Å². The fraction of sp³-hybridized carbons (Fsp3) is 0.450. The standard InChI is InChI=1S/C20H24N4O4S2/c1-13-19(14(2)28-23-13)30(26,27)21-11-10-18(25)24-12-6-5-8-16(24)20-22-15-7-3-4-9-17(15)29-20/h3-4,7,9,16,21H,5-6,8,10-12H2,1-2H3. The molecule has 1 fully saturated rings. The Bertz CT molecular complexity index is 1120. The number of aromatic nitrogens is 2. The number of amides is 1. The Morgan fingerprint density at radius 2 is 2.10 bits per heavy atom. The van der Waals surface area contributed by atoms with Gasteiger partial charge in [0.15, 0.2) is 5.76 Å². The second-order valence-corrected chi connectivity index (χ2v) is 10.2. The Morgan fingerprint density at radius 1 is 1.30 bits per heavy atom. The van der Waals surface area contributed by atoms with E-state index in [1.807, 2.05) is 29.2 Å². The highest BCUT2D eigenvalue weighted by atomic mass is 32.2. The smallest absolute Gasteiger partial charge is 0.245 e. The maximum Gasteiger partial charge on any atom is 0.245 e. The van der Waals surface area contributed by atoms with Gasteiger partial charge in [0, 0.05) is 19.5 Å². The number of likely N-dealkylation sites (tertiary alicyclic amines) is 1. The molecule has 0 aliphatic carbocycles. The topological polar surface area (TPSA) is 105 Å². The van der Waals surface area contributed by atoms with Crippen LogP contribution in [0.3, 0.4) is 0 Å². The van der Waals surface area contributed by atoms with Gasteiger partial charge in [0.05, 0.1) is 16.3 Å². The highest BCUT2D eigenvalue weighted by molar-refractivity contribution is 7.89. The number of para-hydroxylation sites is 1. The lowest BCUT2D eigenvalue weighted by molar-refractivity contribution is -0.134. The quantitative estimate of drug-likeness (QED) is 0.620. The number of aryl methyl sites for hydroxylation is 2. The maximum absolute atomic E-state index is 12.9. The summed E-state index contributed by atoms with van der Waals surface area (Å²) in [5.41, 5.74) is 1.25. The van der Waals surface area contributed by atoms with Crippen molar-refractivity contribution in [1.29, 1.82) is 0 Å². The Hall–Kier alpha value is -2.30. The molecular formula is C20H24N4O4S2. The van der Waals surface area contributed by atoms with Crippen LogP contribution in [-0.4, -0.2) is 42.5 Å². The van der Waals surface area contributed by atoms with E-state index in [1.165, 1.54) is 0 Å². The molecule has 0 radical (unpaired) electrons. The number of sulfonamides is 1. The molecule has 1 aliphatic rings. The van der Waals surface area contributed by atoms with Crippen LogP contribution in [0.2, 0.25) is 0 Å². The van der Waals surface area contributed by atoms with Crippen molar-refractivity contribution in [3.63, 3.8) is 0 Å². The summed E-state index contributed by atoms with van der Waals surface area (Å²) in [7, 11) is -3.77. The molecule has 30 heavy (non-hydrogen) atoms. The summed E-state index contributed by atoms with van der Waals surface area (Å²) in [6.45, 7) is 3.81. The molecular weight excluding hydrogens is 424 g/mol. The van der Waals surface area contributed by atoms with E-state index in [9.17, 15) is 13.2 Å². The molecule has 10 heteroatoms. The molecule has 1 saturated heterocycles. The third kappa shape index (κ3) is 4.12. The van der Waals surface area contributed by atoms with Gasteiger partial charge in [-0.2, -0.15) is 0 Å². The lowest BCUT2D eigenvalue weighted by Crippen LogP contribution is -2.40. The Labute approximate surface area is 179 Å². The number of hydrogen-bond donors (Lipinski definition) is 1. The fourth-order valence-corrected chi connectivity index (χ4v) is 6.36. The average Bonchev–Trinajstić information content (AvgIpc) is 3.30. The van der Waals surface area contributed by atoms with Crippen molar-refractivity contribution < 1.29 is 17.7 Å². The summed E-state index contributed by atoms with van der Waals surface area (Å²) >= 11 is 1.62. The molecule has 0 bridgehead atoms. The van der Waals surface area contributed by atoms with E-state index >= 15 is 0 Å². The summed E-state index contributed by atoms with van der Waals surface area (Å²) < 4.78 is 33.6. The van der Waals surface area contributed by atoms with E-state index < -0.39 is 10.0 Å². The van der Waals surface area contributed by atoms with E-state index in [1.54, 1.807) is 25.2 Å². The SMILES string of the molecule is Cc1noc(C)c1S(=O)(=O)NCCC(=O)N1CCCCC1c1nc2ccccc2s1. The lowest BCUT2D eigenvalue weighted by Gasteiger charge is -2.34. The van der Waals surface area contributed by atoms with Crippen LogP contribution in [-0.2, 0) is 14.8 Å². The highest BCUT2D eigenvalue weighted by Crippen LogP contribution is 2.35. The predicted molar refractivity (Wildman–Crippen MR) is 114 cm³/mol. The fourth-order valence-electron chi connectivity index (χ4n) is 3.89. The number of rotatable bonds is 6. The minimum absolute atomic E-state index is 0.0221. The minimum Gasteiger partial charge on any atom is -0.360 e. The van der Waals surface area contributed by atoms with Crippen molar-refractivity contribution in [2.75, 3.05) is 13.1 Å². The molecule has 1 aliphatic heterocycles. The van der Waals surface area contributed by atoms with Gasteiger partial charge in [0.1, 0.15) is 15.6 Å². The van der Waals surface area contributed by atoms with Crippen LogP contribution in [0.25, 0.3) is 10.2 Å². The van der Waals surface area contributed by atoms with Crippen LogP contribution in [0.4, 0.5) is 0 Å². The average molecular weight is 449 g/mol. The van der Waals surface area contributed by atoms with Crippen LogP contribution < -0.4 is 4.72 Å². The van der Waals surface area contributed by atoms with Gasteiger partial charge in [-0.05, 0) is 45.2 Å². The number of piperidine rings is 1. The molecule has 1 atom stereocenters. The van der Waals surface area contributed by atoms with E-state index in [0.29, 0.717) is 12.2 Å². The van der Waals surface area contributed by atoms with Crippen molar-refractivity contribution >= 4 is 37.5 Å². The van der Waals surface area contributed by atoms with E-state index in [0.717, 1.165) is 34.5 Å². The number of nitrogens with one attached hydrogen (secondary N) is 1. The first-order valence-electron chi connectivity index (χ1n) is 9.94.